The smallest absolute Gasteiger partial charge is 0.465 e. The van der Waals surface area contributed by atoms with Gasteiger partial charge in [0, 0.05) is 12.3 Å². The number of fused-ring (bicyclic) bond motifs is 1. The van der Waals surface area contributed by atoms with Gasteiger partial charge in [-0.05, 0) is 29.2 Å². The second kappa shape index (κ2) is 5.55. The number of methoxy groups -OCH3 is 1. The minimum atomic E-state index is -0.869. The van der Waals surface area contributed by atoms with Crippen LogP contribution in [0.4, 0.5) is 0 Å². The number of nitrogens with zero attached hydrogens (tertiary/aromatic N) is 1. The zero-order valence-corrected chi connectivity index (χ0v) is 11.3. The molecule has 2 aromatic rings. The molecule has 1 aromatic heterocycles. The Labute approximate surface area is 121 Å². The van der Waals surface area contributed by atoms with Crippen LogP contribution in [0.3, 0.4) is 0 Å². The van der Waals surface area contributed by atoms with Gasteiger partial charge in [-0.3, -0.25) is 0 Å². The number of carbonyl (C=O) groups excluding carboxylic acids is 1. The summed E-state index contributed by atoms with van der Waals surface area (Å²) in [5, 5.41) is 9.55. The van der Waals surface area contributed by atoms with Crippen LogP contribution >= 0.6 is 0 Å². The van der Waals surface area contributed by atoms with Gasteiger partial charge in [0.15, 0.2) is 0 Å². The van der Waals surface area contributed by atoms with Crippen molar-refractivity contribution in [2.24, 2.45) is 0 Å². The molecule has 3 rings (SSSR count). The Hall–Kier alpha value is -2.38. The van der Waals surface area contributed by atoms with Gasteiger partial charge in [-0.2, -0.15) is 0 Å². The summed E-state index contributed by atoms with van der Waals surface area (Å²) >= 11 is 0. The molecule has 0 fully saturated rings. The van der Waals surface area contributed by atoms with Gasteiger partial charge in [-0.1, -0.05) is 6.07 Å². The van der Waals surface area contributed by atoms with Gasteiger partial charge in [0.1, 0.15) is 5.75 Å². The maximum absolute atomic E-state index is 11.3. The number of ether oxygens (including phenoxy) is 2. The molecule has 0 saturated heterocycles. The highest BCUT2D eigenvalue weighted by Crippen LogP contribution is 2.22. The Morgan fingerprint density at radius 1 is 1.38 bits per heavy atom. The van der Waals surface area contributed by atoms with Crippen LogP contribution in [0.1, 0.15) is 15.9 Å². The monoisotopic (exact) mass is 285 g/mol. The molecule has 0 atom stereocenters. The van der Waals surface area contributed by atoms with E-state index >= 15 is 0 Å². The lowest BCUT2D eigenvalue weighted by Crippen LogP contribution is -2.27. The van der Waals surface area contributed by atoms with Gasteiger partial charge in [0.05, 0.1) is 19.3 Å². The van der Waals surface area contributed by atoms with Gasteiger partial charge in [0.25, 0.3) is 0 Å². The van der Waals surface area contributed by atoms with Crippen molar-refractivity contribution in [1.29, 1.82) is 0 Å². The first-order valence-corrected chi connectivity index (χ1v) is 6.32. The molecule has 1 aliphatic heterocycles. The van der Waals surface area contributed by atoms with Gasteiger partial charge in [-0.25, -0.2) is 9.78 Å². The Morgan fingerprint density at radius 3 is 2.95 bits per heavy atom. The third kappa shape index (κ3) is 2.74. The van der Waals surface area contributed by atoms with E-state index in [-0.39, 0.29) is 0 Å². The molecule has 1 aliphatic rings. The first kappa shape index (κ1) is 13.6. The Balaban J connectivity index is 1.76. The van der Waals surface area contributed by atoms with Crippen molar-refractivity contribution in [1.82, 2.24) is 4.98 Å². The van der Waals surface area contributed by atoms with Crippen LogP contribution in [0.2, 0.25) is 0 Å². The molecular weight excluding hydrogens is 273 g/mol. The number of rotatable bonds is 3. The molecule has 0 spiro atoms. The Morgan fingerprint density at radius 2 is 2.24 bits per heavy atom. The number of carbonyl (C=O) groups is 1. The molecule has 0 aliphatic carbocycles. The van der Waals surface area contributed by atoms with E-state index in [1.807, 2.05) is 0 Å². The lowest BCUT2D eigenvalue weighted by atomic mass is 9.80. The normalized spacial score (nSPS) is 13.0. The summed E-state index contributed by atoms with van der Waals surface area (Å²) < 4.78 is 15.3. The predicted molar refractivity (Wildman–Crippen MR) is 74.5 cm³/mol. The zero-order chi connectivity index (χ0) is 14.8. The minimum Gasteiger partial charge on any atom is -0.465 e. The van der Waals surface area contributed by atoms with Crippen LogP contribution in [0.15, 0.2) is 36.5 Å². The zero-order valence-electron chi connectivity index (χ0n) is 11.3. The van der Waals surface area contributed by atoms with Crippen molar-refractivity contribution in [3.63, 3.8) is 0 Å². The summed E-state index contributed by atoms with van der Waals surface area (Å²) in [4.78, 5) is 15.3. The SMILES string of the molecule is COC(=O)c1ccc(Oc2ccc3c(c2)COB3O)nc1. The van der Waals surface area contributed by atoms with E-state index in [1.165, 1.54) is 13.3 Å². The molecule has 6 nitrogen and oxygen atoms in total. The molecule has 0 unspecified atom stereocenters. The van der Waals surface area contributed by atoms with Crippen molar-refractivity contribution in [3.05, 3.63) is 47.7 Å². The summed E-state index contributed by atoms with van der Waals surface area (Å²) in [7, 11) is 0.444. The van der Waals surface area contributed by atoms with E-state index in [0.29, 0.717) is 23.8 Å². The van der Waals surface area contributed by atoms with E-state index in [4.69, 9.17) is 9.39 Å². The number of benzene rings is 1. The first-order chi connectivity index (χ1) is 10.2. The number of aromatic nitrogens is 1. The number of pyridine rings is 1. The maximum atomic E-state index is 11.3. The quantitative estimate of drug-likeness (QED) is 0.666. The molecular formula is C14H12BNO5. The van der Waals surface area contributed by atoms with E-state index < -0.39 is 13.1 Å². The van der Waals surface area contributed by atoms with E-state index in [1.54, 1.807) is 30.3 Å². The highest BCUT2D eigenvalue weighted by molar-refractivity contribution is 6.61. The third-order valence-electron chi connectivity index (χ3n) is 3.16. The largest absolute Gasteiger partial charge is 0.491 e. The van der Waals surface area contributed by atoms with Crippen molar-refractivity contribution < 1.29 is 23.9 Å². The second-order valence-corrected chi connectivity index (χ2v) is 4.50. The first-order valence-electron chi connectivity index (χ1n) is 6.32. The molecule has 0 bridgehead atoms. The fourth-order valence-corrected chi connectivity index (χ4v) is 2.07. The molecule has 2 heterocycles. The summed E-state index contributed by atoms with van der Waals surface area (Å²) in [6.07, 6.45) is 1.39. The fraction of sp³-hybridized carbons (Fsp3) is 0.143. The maximum Gasteiger partial charge on any atom is 0.491 e. The van der Waals surface area contributed by atoms with Gasteiger partial charge in [0.2, 0.25) is 5.88 Å². The fourth-order valence-electron chi connectivity index (χ4n) is 2.07. The molecule has 1 aromatic carbocycles. The molecule has 106 valence electrons. The van der Waals surface area contributed by atoms with Crippen molar-refractivity contribution in [2.45, 2.75) is 6.61 Å². The number of hydrogen-bond acceptors (Lipinski definition) is 6. The van der Waals surface area contributed by atoms with Gasteiger partial charge in [-0.15, -0.1) is 0 Å². The molecule has 0 amide bonds. The van der Waals surface area contributed by atoms with Crippen molar-refractivity contribution >= 4 is 18.6 Å². The molecule has 0 saturated carbocycles. The predicted octanol–water partition coefficient (Wildman–Crippen LogP) is 0.878. The topological polar surface area (TPSA) is 77.9 Å². The van der Waals surface area contributed by atoms with Crippen LogP contribution in [-0.2, 0) is 16.0 Å². The Kier molecular flexibility index (Phi) is 3.59. The van der Waals surface area contributed by atoms with Gasteiger partial charge < -0.3 is 19.2 Å². The van der Waals surface area contributed by atoms with E-state index in [2.05, 4.69) is 9.72 Å². The average Bonchev–Trinajstić information content (AvgIpc) is 2.88. The molecule has 0 radical (unpaired) electrons. The minimum absolute atomic E-state index is 0.350. The number of hydrogen-bond donors (Lipinski definition) is 1. The van der Waals surface area contributed by atoms with Crippen LogP contribution in [0, 0.1) is 0 Å². The third-order valence-corrected chi connectivity index (χ3v) is 3.16. The summed E-state index contributed by atoms with van der Waals surface area (Å²) in [5.74, 6) is 0.504. The lowest BCUT2D eigenvalue weighted by molar-refractivity contribution is 0.0600. The van der Waals surface area contributed by atoms with Crippen LogP contribution in [-0.4, -0.2) is 30.2 Å². The van der Waals surface area contributed by atoms with Crippen molar-refractivity contribution in [3.8, 4) is 11.6 Å². The summed E-state index contributed by atoms with van der Waals surface area (Å²) in [6, 6.07) is 8.44. The Bertz CT molecular complexity index is 674. The second-order valence-electron chi connectivity index (χ2n) is 4.50. The highest BCUT2D eigenvalue weighted by Gasteiger charge is 2.27. The van der Waals surface area contributed by atoms with E-state index in [0.717, 1.165) is 11.0 Å². The van der Waals surface area contributed by atoms with Crippen LogP contribution in [0.25, 0.3) is 0 Å². The summed E-state index contributed by atoms with van der Waals surface area (Å²) in [6.45, 7) is 0.350. The van der Waals surface area contributed by atoms with Crippen LogP contribution < -0.4 is 10.2 Å². The summed E-state index contributed by atoms with van der Waals surface area (Å²) in [5.41, 5.74) is 1.98. The van der Waals surface area contributed by atoms with E-state index in [9.17, 15) is 9.82 Å². The van der Waals surface area contributed by atoms with Crippen LogP contribution in [0.5, 0.6) is 11.6 Å². The lowest BCUT2D eigenvalue weighted by Gasteiger charge is -2.07. The standard InChI is InChI=1S/C14H12BNO5/c1-19-14(17)9-2-5-13(16-7-9)21-11-3-4-12-10(6-11)8-20-15(12)18/h2-7,18H,8H2,1H3. The van der Waals surface area contributed by atoms with Crippen molar-refractivity contribution in [2.75, 3.05) is 7.11 Å². The molecule has 21 heavy (non-hydrogen) atoms. The average molecular weight is 285 g/mol. The molecule has 7 heteroatoms. The number of esters is 1. The van der Waals surface area contributed by atoms with Gasteiger partial charge >= 0.3 is 13.1 Å². The highest BCUT2D eigenvalue weighted by atomic mass is 16.5. The molecule has 1 N–H and O–H groups in total.